The Kier molecular flexibility index (Phi) is 1.75. The van der Waals surface area contributed by atoms with Crippen LogP contribution in [0, 0.1) is 0 Å². The topological polar surface area (TPSA) is 24.9 Å². The van der Waals surface area contributed by atoms with Gasteiger partial charge < -0.3 is 5.32 Å². The molecule has 1 aliphatic carbocycles. The fraction of sp³-hybridized carbons (Fsp3) is 0.154. The number of allylic oxidation sites excluding steroid dienone is 2. The highest BCUT2D eigenvalue weighted by Crippen LogP contribution is 2.34. The lowest BCUT2D eigenvalue weighted by Crippen LogP contribution is -2.40. The molecule has 3 rings (SSSR count). The van der Waals surface area contributed by atoms with Crippen LogP contribution in [0.4, 0.5) is 0 Å². The first-order valence-corrected chi connectivity index (χ1v) is 5.15. The van der Waals surface area contributed by atoms with Crippen LogP contribution in [0.3, 0.4) is 0 Å². The standard InChI is InChI=1S/C13H12N2/c1-2-10-15-13(7-1)8-3-5-11-6-4-9-14-12(11)13/h1-7,9-10,15H,8H2. The van der Waals surface area contributed by atoms with Crippen molar-refractivity contribution in [2.45, 2.75) is 12.0 Å². The van der Waals surface area contributed by atoms with Crippen LogP contribution in [0.25, 0.3) is 6.08 Å². The van der Waals surface area contributed by atoms with Gasteiger partial charge in [0.25, 0.3) is 0 Å². The van der Waals surface area contributed by atoms with Gasteiger partial charge >= 0.3 is 0 Å². The van der Waals surface area contributed by atoms with Gasteiger partial charge in [0.2, 0.25) is 0 Å². The molecule has 2 aliphatic rings. The van der Waals surface area contributed by atoms with Gasteiger partial charge in [-0.25, -0.2) is 0 Å². The van der Waals surface area contributed by atoms with E-state index < -0.39 is 0 Å². The number of nitrogens with one attached hydrogen (secondary N) is 1. The summed E-state index contributed by atoms with van der Waals surface area (Å²) in [4.78, 5) is 4.50. The maximum Gasteiger partial charge on any atom is 0.102 e. The van der Waals surface area contributed by atoms with Crippen LogP contribution in [0.2, 0.25) is 0 Å². The summed E-state index contributed by atoms with van der Waals surface area (Å²) >= 11 is 0. The third kappa shape index (κ3) is 1.22. The van der Waals surface area contributed by atoms with Crippen molar-refractivity contribution in [1.82, 2.24) is 10.3 Å². The van der Waals surface area contributed by atoms with Crippen LogP contribution in [-0.4, -0.2) is 4.98 Å². The molecule has 1 atom stereocenters. The smallest absolute Gasteiger partial charge is 0.102 e. The number of hydrogen-bond acceptors (Lipinski definition) is 2. The van der Waals surface area contributed by atoms with Crippen LogP contribution in [0.1, 0.15) is 17.7 Å². The lowest BCUT2D eigenvalue weighted by atomic mass is 9.82. The van der Waals surface area contributed by atoms with E-state index in [0.29, 0.717) is 0 Å². The molecule has 15 heavy (non-hydrogen) atoms. The normalized spacial score (nSPS) is 26.4. The molecule has 0 saturated heterocycles. The monoisotopic (exact) mass is 196 g/mol. The second-order valence-corrected chi connectivity index (χ2v) is 3.88. The van der Waals surface area contributed by atoms with Crippen molar-refractivity contribution in [3.63, 3.8) is 0 Å². The van der Waals surface area contributed by atoms with Crippen LogP contribution < -0.4 is 5.32 Å². The molecule has 0 radical (unpaired) electrons. The molecule has 1 aromatic heterocycles. The van der Waals surface area contributed by atoms with Gasteiger partial charge in [-0.3, -0.25) is 4.98 Å². The van der Waals surface area contributed by atoms with Gasteiger partial charge in [0.05, 0.1) is 5.69 Å². The third-order valence-electron chi connectivity index (χ3n) is 2.93. The SMILES string of the molecule is C1=CNC2(C=C1)CC=Cc1cccnc12. The maximum absolute atomic E-state index is 4.50. The van der Waals surface area contributed by atoms with Gasteiger partial charge in [0, 0.05) is 6.20 Å². The summed E-state index contributed by atoms with van der Waals surface area (Å²) in [5, 5.41) is 3.41. The van der Waals surface area contributed by atoms with Crippen LogP contribution >= 0.6 is 0 Å². The third-order valence-corrected chi connectivity index (χ3v) is 2.93. The van der Waals surface area contributed by atoms with Crippen molar-refractivity contribution in [2.24, 2.45) is 0 Å². The molecule has 0 fully saturated rings. The Bertz CT molecular complexity index is 471. The molecule has 1 aliphatic heterocycles. The minimum absolute atomic E-state index is 0.125. The number of aromatic nitrogens is 1. The summed E-state index contributed by atoms with van der Waals surface area (Å²) < 4.78 is 0. The molecule has 0 bridgehead atoms. The first-order valence-electron chi connectivity index (χ1n) is 5.15. The summed E-state index contributed by atoms with van der Waals surface area (Å²) in [6.45, 7) is 0. The van der Waals surface area contributed by atoms with E-state index in [1.54, 1.807) is 0 Å². The Balaban J connectivity index is 2.17. The summed E-state index contributed by atoms with van der Waals surface area (Å²) in [6, 6.07) is 4.08. The van der Waals surface area contributed by atoms with E-state index in [1.165, 1.54) is 5.56 Å². The zero-order valence-electron chi connectivity index (χ0n) is 8.35. The molecule has 0 saturated carbocycles. The van der Waals surface area contributed by atoms with Gasteiger partial charge in [-0.05, 0) is 30.3 Å². The summed E-state index contributed by atoms with van der Waals surface area (Å²) in [7, 11) is 0. The van der Waals surface area contributed by atoms with Crippen molar-refractivity contribution in [3.05, 3.63) is 60.1 Å². The Morgan fingerprint density at radius 3 is 3.20 bits per heavy atom. The molecule has 74 valence electrons. The Labute approximate surface area is 89.0 Å². The average Bonchev–Trinajstić information content (AvgIpc) is 2.31. The molecule has 2 nitrogen and oxygen atoms in total. The molecule has 1 N–H and O–H groups in total. The first-order chi connectivity index (χ1) is 7.41. The predicted octanol–water partition coefficient (Wildman–Crippen LogP) is 2.37. The van der Waals surface area contributed by atoms with E-state index in [1.807, 2.05) is 24.5 Å². The second kappa shape index (κ2) is 3.09. The molecule has 2 heterocycles. The molecule has 0 amide bonds. The van der Waals surface area contributed by atoms with E-state index in [4.69, 9.17) is 0 Å². The van der Waals surface area contributed by atoms with Crippen LogP contribution in [0.15, 0.2) is 48.8 Å². The van der Waals surface area contributed by atoms with Crippen molar-refractivity contribution in [3.8, 4) is 0 Å². The van der Waals surface area contributed by atoms with Crippen molar-refractivity contribution < 1.29 is 0 Å². The molecule has 2 heteroatoms. The number of dihydropyridines is 1. The van der Waals surface area contributed by atoms with E-state index in [0.717, 1.165) is 12.1 Å². The Morgan fingerprint density at radius 2 is 2.33 bits per heavy atom. The lowest BCUT2D eigenvalue weighted by Gasteiger charge is -2.34. The van der Waals surface area contributed by atoms with Crippen molar-refractivity contribution in [2.75, 3.05) is 0 Å². The second-order valence-electron chi connectivity index (χ2n) is 3.88. The average molecular weight is 196 g/mol. The van der Waals surface area contributed by atoms with E-state index >= 15 is 0 Å². The minimum Gasteiger partial charge on any atom is -0.376 e. The molecule has 1 unspecified atom stereocenters. The molecular formula is C13H12N2. The van der Waals surface area contributed by atoms with Crippen molar-refractivity contribution in [1.29, 1.82) is 0 Å². The fourth-order valence-corrected chi connectivity index (χ4v) is 2.19. The fourth-order valence-electron chi connectivity index (χ4n) is 2.19. The molecular weight excluding hydrogens is 184 g/mol. The van der Waals surface area contributed by atoms with E-state index in [-0.39, 0.29) is 5.54 Å². The number of rotatable bonds is 0. The zero-order chi connectivity index (χ0) is 10.1. The van der Waals surface area contributed by atoms with Crippen molar-refractivity contribution >= 4 is 6.08 Å². The zero-order valence-corrected chi connectivity index (χ0v) is 8.35. The highest BCUT2D eigenvalue weighted by atomic mass is 15.0. The lowest BCUT2D eigenvalue weighted by molar-refractivity contribution is 0.459. The Morgan fingerprint density at radius 1 is 1.33 bits per heavy atom. The maximum atomic E-state index is 4.50. The highest BCUT2D eigenvalue weighted by Gasteiger charge is 2.33. The van der Waals surface area contributed by atoms with Gasteiger partial charge in [-0.2, -0.15) is 0 Å². The largest absolute Gasteiger partial charge is 0.376 e. The highest BCUT2D eigenvalue weighted by molar-refractivity contribution is 5.58. The quantitative estimate of drug-likeness (QED) is 0.689. The summed E-state index contributed by atoms with van der Waals surface area (Å²) in [5.74, 6) is 0. The number of fused-ring (bicyclic) bond motifs is 2. The van der Waals surface area contributed by atoms with Crippen LogP contribution in [-0.2, 0) is 5.54 Å². The number of nitrogens with zero attached hydrogens (tertiary/aromatic N) is 1. The summed E-state index contributed by atoms with van der Waals surface area (Å²) in [6.07, 6.45) is 15.4. The van der Waals surface area contributed by atoms with Gasteiger partial charge in [-0.1, -0.05) is 30.4 Å². The molecule has 1 spiro atoms. The first kappa shape index (κ1) is 8.48. The van der Waals surface area contributed by atoms with Crippen LogP contribution in [0.5, 0.6) is 0 Å². The van der Waals surface area contributed by atoms with E-state index in [9.17, 15) is 0 Å². The summed E-state index contributed by atoms with van der Waals surface area (Å²) in [5.41, 5.74) is 2.20. The number of hydrogen-bond donors (Lipinski definition) is 1. The predicted molar refractivity (Wildman–Crippen MR) is 61.0 cm³/mol. The number of pyridine rings is 1. The molecule has 0 aromatic carbocycles. The van der Waals surface area contributed by atoms with Gasteiger partial charge in [-0.15, -0.1) is 0 Å². The minimum atomic E-state index is -0.125. The van der Waals surface area contributed by atoms with Gasteiger partial charge in [0.15, 0.2) is 0 Å². The Hall–Kier alpha value is -1.83. The van der Waals surface area contributed by atoms with E-state index in [2.05, 4.69) is 40.7 Å². The molecule has 1 aromatic rings. The van der Waals surface area contributed by atoms with Gasteiger partial charge in [0.1, 0.15) is 5.54 Å².